The maximum atomic E-state index is 13.4. The van der Waals surface area contributed by atoms with E-state index in [1.807, 2.05) is 153 Å². The van der Waals surface area contributed by atoms with Crippen molar-refractivity contribution in [3.63, 3.8) is 0 Å². The highest BCUT2D eigenvalue weighted by atomic mass is 19.1. The third-order valence-corrected chi connectivity index (χ3v) is 24.5. The highest BCUT2D eigenvalue weighted by Gasteiger charge is 2.27. The predicted octanol–water partition coefficient (Wildman–Crippen LogP) is 20.5. The average molecular weight is 1700 g/mol. The Labute approximate surface area is 731 Å². The van der Waals surface area contributed by atoms with Gasteiger partial charge in [-0.1, -0.05) is 95.3 Å². The molecule has 5 aliphatic heterocycles. The maximum absolute atomic E-state index is 13.4. The molecular formula is C99H116F5N21. The van der Waals surface area contributed by atoms with Gasteiger partial charge >= 0.3 is 0 Å². The van der Waals surface area contributed by atoms with Crippen molar-refractivity contribution in [1.82, 2.24) is 74.2 Å². The van der Waals surface area contributed by atoms with Gasteiger partial charge in [0.25, 0.3) is 0 Å². The Kier molecular flexibility index (Phi) is 31.6. The van der Waals surface area contributed by atoms with Gasteiger partial charge in [0.15, 0.2) is 5.82 Å². The van der Waals surface area contributed by atoms with Crippen LogP contribution in [0.15, 0.2) is 214 Å². The number of piperazine rings is 1. The minimum Gasteiger partial charge on any atom is -0.351 e. The van der Waals surface area contributed by atoms with Crippen molar-refractivity contribution >= 4 is 41.1 Å². The Bertz CT molecular complexity index is 4930. The zero-order valence-corrected chi connectivity index (χ0v) is 72.9. The third-order valence-electron chi connectivity index (χ3n) is 24.5. The molecule has 8 aromatic heterocycles. The summed E-state index contributed by atoms with van der Waals surface area (Å²) >= 11 is 0. The Morgan fingerprint density at radius 2 is 0.496 bits per heavy atom. The minimum absolute atomic E-state index is 0.144. The lowest BCUT2D eigenvalue weighted by Crippen LogP contribution is -2.47. The molecule has 5 aliphatic rings. The van der Waals surface area contributed by atoms with Crippen LogP contribution in [0.1, 0.15) is 229 Å². The number of nitrogens with zero attached hydrogens (tertiary/aromatic N) is 21. The van der Waals surface area contributed by atoms with Gasteiger partial charge in [-0.2, -0.15) is 10.2 Å². The van der Waals surface area contributed by atoms with Crippen LogP contribution in [0.3, 0.4) is 0 Å². The van der Waals surface area contributed by atoms with Crippen molar-refractivity contribution in [3.8, 4) is 11.1 Å². The number of hydrogen-bond acceptors (Lipinski definition) is 19. The second-order valence-corrected chi connectivity index (χ2v) is 32.9. The summed E-state index contributed by atoms with van der Waals surface area (Å²) in [5, 5.41) is 8.69. The van der Waals surface area contributed by atoms with Gasteiger partial charge in [0.05, 0.1) is 6.20 Å². The molecule has 5 saturated heterocycles. The van der Waals surface area contributed by atoms with E-state index in [1.54, 1.807) is 11.0 Å². The molecule has 0 N–H and O–H groups in total. The summed E-state index contributed by atoms with van der Waals surface area (Å²) in [5.41, 5.74) is 14.0. The van der Waals surface area contributed by atoms with Gasteiger partial charge in [-0.05, 0) is 232 Å². The fourth-order valence-electron chi connectivity index (χ4n) is 17.5. The molecule has 26 heteroatoms. The highest BCUT2D eigenvalue weighted by Crippen LogP contribution is 2.36. The summed E-state index contributed by atoms with van der Waals surface area (Å²) in [6.45, 7) is 22.2. The summed E-state index contributed by atoms with van der Waals surface area (Å²) < 4.78 is 69.4. The van der Waals surface area contributed by atoms with E-state index in [2.05, 4.69) is 135 Å². The molecule has 0 aliphatic carbocycles. The number of halogens is 5. The first-order chi connectivity index (χ1) is 61.2. The fraction of sp³-hybridized carbons (Fsp3) is 0.404. The zero-order chi connectivity index (χ0) is 86.8. The number of aromatic nitrogens is 15. The molecule has 5 fully saturated rings. The van der Waals surface area contributed by atoms with Gasteiger partial charge in [0, 0.05) is 201 Å². The summed E-state index contributed by atoms with van der Waals surface area (Å²) in [4.78, 5) is 63.9. The topological polar surface area (TPSA) is 196 Å². The molecule has 0 amide bonds. The SMILES string of the molecule is CC[C@@H](c1ccc(F)cc1)c1cnc(N2CCCCC2)nc1.CC[C@@H](c1ccc(F)cc1)c1cnc(N2CCCCC2)nc1.CC[C@H](c1ccc(F)cc1)c1cnc(N2CCCCC2)nc1.CC[C@H](c1ccc(F)cc1)c1cnc(N2CCCCC2)nc1.CC[C@H](c1ccc(F)cc1)c1cnc(N2CCN(c3ncnn4cc(-c5cnn(C)c5)cc34)CC2)nc1. The maximum Gasteiger partial charge on any atom is 0.225 e. The molecule has 125 heavy (non-hydrogen) atoms. The zero-order valence-electron chi connectivity index (χ0n) is 72.9. The lowest BCUT2D eigenvalue weighted by Gasteiger charge is -2.35. The Balaban J connectivity index is 0.000000130. The number of hydrogen-bond donors (Lipinski definition) is 0. The number of piperidine rings is 4. The molecular weight excluding hydrogens is 1580 g/mol. The molecule has 13 aromatic rings. The van der Waals surface area contributed by atoms with Crippen molar-refractivity contribution in [3.05, 3.63) is 299 Å². The van der Waals surface area contributed by atoms with E-state index in [4.69, 9.17) is 0 Å². The largest absolute Gasteiger partial charge is 0.351 e. The summed E-state index contributed by atoms with van der Waals surface area (Å²) in [6.07, 6.45) is 46.3. The van der Waals surface area contributed by atoms with Gasteiger partial charge in [0.2, 0.25) is 29.7 Å². The first-order valence-corrected chi connectivity index (χ1v) is 44.9. The quantitative estimate of drug-likeness (QED) is 0.0580. The van der Waals surface area contributed by atoms with Crippen LogP contribution in [0.25, 0.3) is 16.6 Å². The van der Waals surface area contributed by atoms with E-state index in [-0.39, 0.29) is 58.7 Å². The smallest absolute Gasteiger partial charge is 0.225 e. The van der Waals surface area contributed by atoms with Gasteiger partial charge in [0.1, 0.15) is 40.9 Å². The van der Waals surface area contributed by atoms with Gasteiger partial charge in [-0.3, -0.25) is 4.68 Å². The van der Waals surface area contributed by atoms with Crippen molar-refractivity contribution in [2.75, 3.05) is 108 Å². The highest BCUT2D eigenvalue weighted by molar-refractivity contribution is 5.77. The lowest BCUT2D eigenvalue weighted by molar-refractivity contribution is 0.567. The van der Waals surface area contributed by atoms with E-state index in [0.717, 1.165) is 218 Å². The molecule has 0 saturated carbocycles. The molecule has 18 rings (SSSR count). The molecule has 0 unspecified atom stereocenters. The van der Waals surface area contributed by atoms with Crippen molar-refractivity contribution in [1.29, 1.82) is 0 Å². The molecule has 652 valence electrons. The van der Waals surface area contributed by atoms with Crippen molar-refractivity contribution in [2.24, 2.45) is 7.05 Å². The van der Waals surface area contributed by atoms with E-state index in [1.165, 1.54) is 138 Å². The monoisotopic (exact) mass is 1690 g/mol. The Morgan fingerprint density at radius 3 is 0.728 bits per heavy atom. The summed E-state index contributed by atoms with van der Waals surface area (Å²) in [5.74, 6) is 4.97. The first kappa shape index (κ1) is 89.1. The van der Waals surface area contributed by atoms with Crippen LogP contribution in [-0.2, 0) is 7.05 Å². The Morgan fingerprint density at radius 1 is 0.256 bits per heavy atom. The van der Waals surface area contributed by atoms with Crippen molar-refractivity contribution in [2.45, 2.75) is 173 Å². The number of fused-ring (bicyclic) bond motifs is 1. The second kappa shape index (κ2) is 44.4. The van der Waals surface area contributed by atoms with Crippen LogP contribution in [0.5, 0.6) is 0 Å². The van der Waals surface area contributed by atoms with E-state index in [9.17, 15) is 22.0 Å². The van der Waals surface area contributed by atoms with Crippen LogP contribution < -0.4 is 29.4 Å². The van der Waals surface area contributed by atoms with Crippen LogP contribution >= 0.6 is 0 Å². The standard InChI is InChI=1S/C27H28FN9.4C18H22FN3/c1-3-24(19-4-6-23(28)7-5-19)21-13-29-27(30-14-21)36-10-8-35(9-11-36)26-25-12-20(17-37(25)33-18-31-26)22-15-32-34(2)16-22;4*1-2-17(14-6-8-16(19)9-7-14)15-12-20-18(21-13-15)22-10-4-3-5-11-22/h4-7,12-18,24H,3,8-11H2,1-2H3;4*6-9,12-13,17H,2-5,10-11H2,1H3/t24-;4*17-/m11100/s1. The van der Waals surface area contributed by atoms with E-state index >= 15 is 0 Å². The molecule has 13 heterocycles. The number of rotatable bonds is 22. The minimum atomic E-state index is -0.224. The number of anilines is 6. The molecule has 0 bridgehead atoms. The van der Waals surface area contributed by atoms with Crippen LogP contribution in [0.4, 0.5) is 57.5 Å². The summed E-state index contributed by atoms with van der Waals surface area (Å²) in [7, 11) is 1.91. The van der Waals surface area contributed by atoms with Gasteiger partial charge in [-0.25, -0.2) is 81.3 Å². The number of benzene rings is 5. The first-order valence-electron chi connectivity index (χ1n) is 44.9. The molecule has 0 spiro atoms. The van der Waals surface area contributed by atoms with Crippen molar-refractivity contribution < 1.29 is 22.0 Å². The predicted molar refractivity (Wildman–Crippen MR) is 487 cm³/mol. The molecule has 0 radical (unpaired) electrons. The van der Waals surface area contributed by atoms with Crippen LogP contribution in [-0.4, -0.2) is 153 Å². The normalized spacial score (nSPS) is 16.1. The van der Waals surface area contributed by atoms with E-state index in [0.29, 0.717) is 0 Å². The summed E-state index contributed by atoms with van der Waals surface area (Å²) in [6, 6.07) is 35.7. The third kappa shape index (κ3) is 23.6. The Hall–Kier alpha value is -12.2. The average Bonchev–Trinajstić information content (AvgIpc) is 1.60. The van der Waals surface area contributed by atoms with Crippen LogP contribution in [0, 0.1) is 29.1 Å². The van der Waals surface area contributed by atoms with Crippen LogP contribution in [0.2, 0.25) is 0 Å². The van der Waals surface area contributed by atoms with Gasteiger partial charge < -0.3 is 29.4 Å². The molecule has 21 nitrogen and oxygen atoms in total. The molecule has 5 aromatic carbocycles. The van der Waals surface area contributed by atoms with Gasteiger partial charge in [-0.15, -0.1) is 0 Å². The fourth-order valence-corrected chi connectivity index (χ4v) is 17.5. The molecule has 5 atom stereocenters. The number of aryl methyl sites for hydroxylation is 1. The second-order valence-electron chi connectivity index (χ2n) is 32.9. The van der Waals surface area contributed by atoms with E-state index < -0.39 is 0 Å². The lowest BCUT2D eigenvalue weighted by atomic mass is 9.91.